The van der Waals surface area contributed by atoms with Gasteiger partial charge < -0.3 is 5.11 Å². The zero-order chi connectivity index (χ0) is 14.6. The van der Waals surface area contributed by atoms with Crippen molar-refractivity contribution in [2.45, 2.75) is 19.1 Å². The van der Waals surface area contributed by atoms with Gasteiger partial charge in [0.25, 0.3) is 0 Å². The van der Waals surface area contributed by atoms with E-state index in [1.54, 1.807) is 31.0 Å². The zero-order valence-electron chi connectivity index (χ0n) is 11.4. The monoisotopic (exact) mass is 289 g/mol. The molecular formula is C13H20FNO3S. The molecule has 0 amide bonds. The van der Waals surface area contributed by atoms with Gasteiger partial charge in [0.05, 0.1) is 11.9 Å². The molecule has 2 atom stereocenters. The summed E-state index contributed by atoms with van der Waals surface area (Å²) in [6, 6.07) is 5.79. The molecule has 2 unspecified atom stereocenters. The molecule has 0 aliphatic rings. The maximum atomic E-state index is 13.5. The van der Waals surface area contributed by atoms with Crippen LogP contribution in [0, 0.1) is 5.82 Å². The predicted octanol–water partition coefficient (Wildman–Crippen LogP) is 1.22. The molecule has 0 aliphatic carbocycles. The van der Waals surface area contributed by atoms with E-state index in [0.717, 1.165) is 0 Å². The molecule has 4 nitrogen and oxygen atoms in total. The lowest BCUT2D eigenvalue weighted by atomic mass is 10.1. The Hall–Kier alpha value is -0.980. The molecule has 1 N–H and O–H groups in total. The van der Waals surface area contributed by atoms with Gasteiger partial charge in [0.15, 0.2) is 0 Å². The van der Waals surface area contributed by atoms with E-state index in [0.29, 0.717) is 0 Å². The van der Waals surface area contributed by atoms with E-state index in [9.17, 15) is 17.9 Å². The van der Waals surface area contributed by atoms with E-state index < -0.39 is 21.8 Å². The van der Waals surface area contributed by atoms with Crippen molar-refractivity contribution in [2.24, 2.45) is 0 Å². The van der Waals surface area contributed by atoms with Crippen LogP contribution in [-0.4, -0.2) is 50.1 Å². The molecule has 1 rings (SSSR count). The highest BCUT2D eigenvalue weighted by molar-refractivity contribution is 7.90. The number of likely N-dealkylation sites (N-methyl/N-ethyl adjacent to an activating group) is 1. The van der Waals surface area contributed by atoms with Crippen molar-refractivity contribution in [1.29, 1.82) is 0 Å². The SMILES string of the molecule is CC(CS(C)(=O)=O)N(C)CC(O)c1ccccc1F. The topological polar surface area (TPSA) is 57.6 Å². The third-order valence-corrected chi connectivity index (χ3v) is 4.11. The van der Waals surface area contributed by atoms with E-state index >= 15 is 0 Å². The molecule has 0 aromatic heterocycles. The Kier molecular flexibility index (Phi) is 5.46. The minimum Gasteiger partial charge on any atom is -0.387 e. The van der Waals surface area contributed by atoms with Crippen LogP contribution in [0.15, 0.2) is 24.3 Å². The number of rotatable bonds is 6. The Morgan fingerprint density at radius 2 is 1.95 bits per heavy atom. The first-order chi connectivity index (χ1) is 8.70. The number of hydrogen-bond donors (Lipinski definition) is 1. The average molecular weight is 289 g/mol. The summed E-state index contributed by atoms with van der Waals surface area (Å²) in [4.78, 5) is 1.71. The standard InChI is InChI=1S/C13H20FNO3S/c1-10(9-19(3,17)18)15(2)8-13(16)11-6-4-5-7-12(11)14/h4-7,10,13,16H,8-9H2,1-3H3. The fourth-order valence-corrected chi connectivity index (χ4v) is 2.99. The van der Waals surface area contributed by atoms with Crippen LogP contribution >= 0.6 is 0 Å². The van der Waals surface area contributed by atoms with Gasteiger partial charge in [0.1, 0.15) is 15.7 Å². The molecule has 0 saturated carbocycles. The Morgan fingerprint density at radius 1 is 1.37 bits per heavy atom. The molecule has 1 aromatic rings. The molecular weight excluding hydrogens is 269 g/mol. The minimum atomic E-state index is -3.07. The molecule has 108 valence electrons. The Morgan fingerprint density at radius 3 is 2.47 bits per heavy atom. The van der Waals surface area contributed by atoms with Crippen molar-refractivity contribution < 1.29 is 17.9 Å². The Labute approximate surface area is 113 Å². The van der Waals surface area contributed by atoms with Crippen molar-refractivity contribution in [1.82, 2.24) is 4.90 Å². The van der Waals surface area contributed by atoms with Crippen molar-refractivity contribution in [2.75, 3.05) is 25.6 Å². The van der Waals surface area contributed by atoms with Gasteiger partial charge in [-0.3, -0.25) is 4.90 Å². The average Bonchev–Trinajstić information content (AvgIpc) is 2.27. The van der Waals surface area contributed by atoms with Crippen LogP contribution in [0.2, 0.25) is 0 Å². The van der Waals surface area contributed by atoms with Crippen molar-refractivity contribution >= 4 is 9.84 Å². The Bertz CT molecular complexity index is 518. The van der Waals surface area contributed by atoms with Gasteiger partial charge in [0.2, 0.25) is 0 Å². The number of sulfone groups is 1. The van der Waals surface area contributed by atoms with Gasteiger partial charge in [-0.15, -0.1) is 0 Å². The summed E-state index contributed by atoms with van der Waals surface area (Å²) in [6.07, 6.45) is 0.193. The second kappa shape index (κ2) is 6.45. The lowest BCUT2D eigenvalue weighted by Gasteiger charge is -2.26. The van der Waals surface area contributed by atoms with Crippen LogP contribution in [0.25, 0.3) is 0 Å². The van der Waals surface area contributed by atoms with Crippen molar-refractivity contribution in [3.8, 4) is 0 Å². The van der Waals surface area contributed by atoms with Gasteiger partial charge in [-0.05, 0) is 20.0 Å². The predicted molar refractivity (Wildman–Crippen MR) is 73.2 cm³/mol. The Balaban J connectivity index is 2.67. The molecule has 0 bridgehead atoms. The number of hydrogen-bond acceptors (Lipinski definition) is 4. The minimum absolute atomic E-state index is 0.00743. The molecule has 0 aliphatic heterocycles. The lowest BCUT2D eigenvalue weighted by Crippen LogP contribution is -2.37. The molecule has 1 aromatic carbocycles. The second-order valence-corrected chi connectivity index (χ2v) is 7.10. The first kappa shape index (κ1) is 16.1. The van der Waals surface area contributed by atoms with Crippen LogP contribution in [0.5, 0.6) is 0 Å². The molecule has 0 fully saturated rings. The molecule has 0 saturated heterocycles. The fourth-order valence-electron chi connectivity index (χ4n) is 1.86. The number of halogens is 1. The third kappa shape index (κ3) is 5.26. The van der Waals surface area contributed by atoms with Crippen LogP contribution < -0.4 is 0 Å². The summed E-state index contributed by atoms with van der Waals surface area (Å²) < 4.78 is 35.9. The highest BCUT2D eigenvalue weighted by atomic mass is 32.2. The maximum absolute atomic E-state index is 13.5. The largest absolute Gasteiger partial charge is 0.387 e. The highest BCUT2D eigenvalue weighted by Gasteiger charge is 2.20. The van der Waals surface area contributed by atoms with E-state index in [2.05, 4.69) is 0 Å². The van der Waals surface area contributed by atoms with Crippen LogP contribution in [-0.2, 0) is 9.84 Å². The first-order valence-electron chi connectivity index (χ1n) is 6.01. The number of benzene rings is 1. The fraction of sp³-hybridized carbons (Fsp3) is 0.538. The van der Waals surface area contributed by atoms with Gasteiger partial charge >= 0.3 is 0 Å². The van der Waals surface area contributed by atoms with Crippen LogP contribution in [0.4, 0.5) is 4.39 Å². The summed E-state index contributed by atoms with van der Waals surface area (Å²) >= 11 is 0. The third-order valence-electron chi connectivity index (χ3n) is 3.02. The summed E-state index contributed by atoms with van der Waals surface area (Å²) in [7, 11) is -1.37. The molecule has 6 heteroatoms. The molecule has 0 heterocycles. The van der Waals surface area contributed by atoms with Gasteiger partial charge in [-0.25, -0.2) is 12.8 Å². The van der Waals surface area contributed by atoms with Gasteiger partial charge in [-0.1, -0.05) is 18.2 Å². The van der Waals surface area contributed by atoms with Crippen molar-refractivity contribution in [3.63, 3.8) is 0 Å². The van der Waals surface area contributed by atoms with E-state index in [1.165, 1.54) is 18.4 Å². The van der Waals surface area contributed by atoms with Gasteiger partial charge in [0, 0.05) is 24.4 Å². The van der Waals surface area contributed by atoms with Crippen LogP contribution in [0.3, 0.4) is 0 Å². The molecule has 0 radical (unpaired) electrons. The smallest absolute Gasteiger partial charge is 0.148 e. The normalized spacial score (nSPS) is 15.5. The number of nitrogens with zero attached hydrogens (tertiary/aromatic N) is 1. The molecule has 19 heavy (non-hydrogen) atoms. The lowest BCUT2D eigenvalue weighted by molar-refractivity contribution is 0.110. The highest BCUT2D eigenvalue weighted by Crippen LogP contribution is 2.18. The second-order valence-electron chi connectivity index (χ2n) is 4.92. The van der Waals surface area contributed by atoms with E-state index in [-0.39, 0.29) is 23.9 Å². The maximum Gasteiger partial charge on any atom is 0.148 e. The van der Waals surface area contributed by atoms with E-state index in [4.69, 9.17) is 0 Å². The summed E-state index contributed by atoms with van der Waals surface area (Å²) in [5.74, 6) is -0.452. The summed E-state index contributed by atoms with van der Waals surface area (Å²) in [6.45, 7) is 1.94. The summed E-state index contributed by atoms with van der Waals surface area (Å²) in [5.41, 5.74) is 0.223. The number of aliphatic hydroxyl groups excluding tert-OH is 1. The number of aliphatic hydroxyl groups is 1. The van der Waals surface area contributed by atoms with Crippen LogP contribution in [0.1, 0.15) is 18.6 Å². The van der Waals surface area contributed by atoms with Gasteiger partial charge in [-0.2, -0.15) is 0 Å². The van der Waals surface area contributed by atoms with Crippen molar-refractivity contribution in [3.05, 3.63) is 35.6 Å². The quantitative estimate of drug-likeness (QED) is 0.855. The summed E-state index contributed by atoms with van der Waals surface area (Å²) in [5, 5.41) is 9.99. The zero-order valence-corrected chi connectivity index (χ0v) is 12.2. The molecule has 0 spiro atoms. The van der Waals surface area contributed by atoms with E-state index in [1.807, 2.05) is 0 Å². The first-order valence-corrected chi connectivity index (χ1v) is 8.07.